The average molecular weight is 529 g/mol. The molecule has 0 aliphatic carbocycles. The van der Waals surface area contributed by atoms with Gasteiger partial charge in [-0.2, -0.15) is 5.26 Å². The summed E-state index contributed by atoms with van der Waals surface area (Å²) in [5, 5.41) is 25.0. The Morgan fingerprint density at radius 1 is 1.14 bits per heavy atom. The predicted molar refractivity (Wildman–Crippen MR) is 141 cm³/mol. The van der Waals surface area contributed by atoms with Crippen LogP contribution in [0, 0.1) is 24.2 Å². The largest absolute Gasteiger partial charge is 0.508 e. The fraction of sp³-hybridized carbons (Fsp3) is 0.407. The van der Waals surface area contributed by atoms with Gasteiger partial charge in [0.05, 0.1) is 16.8 Å². The Labute approximate surface area is 222 Å². The number of aromatic hydroxyl groups is 1. The van der Waals surface area contributed by atoms with Gasteiger partial charge < -0.3 is 25.4 Å². The zero-order valence-corrected chi connectivity index (χ0v) is 22.6. The fourth-order valence-electron chi connectivity index (χ4n) is 3.61. The van der Waals surface area contributed by atoms with Crippen LogP contribution in [0.5, 0.6) is 5.75 Å². The van der Waals surface area contributed by atoms with E-state index >= 15 is 0 Å². The van der Waals surface area contributed by atoms with Crippen LogP contribution >= 0.6 is 11.6 Å². The molecule has 0 heterocycles. The molecule has 9 nitrogen and oxygen atoms in total. The summed E-state index contributed by atoms with van der Waals surface area (Å²) < 4.78 is 5.31. The number of hydrogen-bond acceptors (Lipinski definition) is 6. The summed E-state index contributed by atoms with van der Waals surface area (Å²) in [6, 6.07) is 10.5. The Bertz CT molecular complexity index is 1150. The minimum atomic E-state index is -1.27. The SMILES string of the molecule is Cc1cccc(Cl)c1NC(=O)C(c1ccc(O)cc1)N(CC#N)C(=O)C(NC(=O)OC(C)(C)C)C(C)C. The first-order chi connectivity index (χ1) is 17.2. The van der Waals surface area contributed by atoms with Gasteiger partial charge in [-0.25, -0.2) is 4.79 Å². The number of anilines is 1. The summed E-state index contributed by atoms with van der Waals surface area (Å²) in [6.45, 7) is 9.88. The number of aryl methyl sites for hydroxylation is 1. The number of alkyl carbamates (subject to hydrolysis) is 1. The molecule has 2 aromatic rings. The molecule has 0 spiro atoms. The number of hydrogen-bond donors (Lipinski definition) is 3. The first kappa shape index (κ1) is 29.5. The summed E-state index contributed by atoms with van der Waals surface area (Å²) in [6.07, 6.45) is -0.797. The van der Waals surface area contributed by atoms with Crippen LogP contribution in [0.1, 0.15) is 51.8 Å². The number of nitrogens with zero attached hydrogens (tertiary/aromatic N) is 2. The summed E-state index contributed by atoms with van der Waals surface area (Å²) in [5.41, 5.74) is 0.635. The zero-order chi connectivity index (χ0) is 27.9. The number of carbonyl (C=O) groups is 3. The van der Waals surface area contributed by atoms with E-state index in [1.54, 1.807) is 59.7 Å². The van der Waals surface area contributed by atoms with Crippen LogP contribution in [-0.4, -0.2) is 46.1 Å². The van der Waals surface area contributed by atoms with Crippen LogP contribution in [0.3, 0.4) is 0 Å². The number of nitriles is 1. The molecule has 2 aromatic carbocycles. The Kier molecular flexibility index (Phi) is 9.92. The fourth-order valence-corrected chi connectivity index (χ4v) is 3.88. The van der Waals surface area contributed by atoms with Crippen molar-refractivity contribution < 1.29 is 24.2 Å². The highest BCUT2D eigenvalue weighted by atomic mass is 35.5. The zero-order valence-electron chi connectivity index (χ0n) is 21.8. The molecule has 0 aromatic heterocycles. The number of halogens is 1. The Hall–Kier alpha value is -3.77. The molecular formula is C27H33ClN4O5. The first-order valence-corrected chi connectivity index (χ1v) is 12.1. The third-order valence-corrected chi connectivity index (χ3v) is 5.68. The lowest BCUT2D eigenvalue weighted by molar-refractivity contribution is -0.140. The van der Waals surface area contributed by atoms with Gasteiger partial charge in [-0.3, -0.25) is 9.59 Å². The van der Waals surface area contributed by atoms with Crippen molar-refractivity contribution in [3.05, 3.63) is 58.6 Å². The lowest BCUT2D eigenvalue weighted by Crippen LogP contribution is -2.54. The topological polar surface area (TPSA) is 132 Å². The molecule has 10 heteroatoms. The van der Waals surface area contributed by atoms with Crippen molar-refractivity contribution in [3.63, 3.8) is 0 Å². The van der Waals surface area contributed by atoms with Crippen molar-refractivity contribution in [2.24, 2.45) is 5.92 Å². The van der Waals surface area contributed by atoms with Gasteiger partial charge in [0.1, 0.15) is 30.0 Å². The molecule has 37 heavy (non-hydrogen) atoms. The first-order valence-electron chi connectivity index (χ1n) is 11.8. The van der Waals surface area contributed by atoms with E-state index in [-0.39, 0.29) is 5.75 Å². The van der Waals surface area contributed by atoms with E-state index in [0.29, 0.717) is 21.8 Å². The molecule has 198 valence electrons. The van der Waals surface area contributed by atoms with Gasteiger partial charge in [-0.1, -0.05) is 49.7 Å². The highest BCUT2D eigenvalue weighted by Gasteiger charge is 2.37. The van der Waals surface area contributed by atoms with Crippen molar-refractivity contribution >= 4 is 35.2 Å². The van der Waals surface area contributed by atoms with E-state index < -0.39 is 48.1 Å². The normalized spacial score (nSPS) is 12.7. The number of rotatable bonds is 8. The number of phenols is 1. The van der Waals surface area contributed by atoms with E-state index in [4.69, 9.17) is 16.3 Å². The maximum absolute atomic E-state index is 13.8. The Morgan fingerprint density at radius 3 is 2.27 bits per heavy atom. The van der Waals surface area contributed by atoms with E-state index in [2.05, 4.69) is 10.6 Å². The molecular weight excluding hydrogens is 496 g/mol. The second-order valence-electron chi connectivity index (χ2n) is 9.91. The van der Waals surface area contributed by atoms with E-state index in [9.17, 15) is 24.8 Å². The molecule has 2 unspecified atom stereocenters. The van der Waals surface area contributed by atoms with Gasteiger partial charge in [0, 0.05) is 0 Å². The Balaban J connectivity index is 2.53. The van der Waals surface area contributed by atoms with Crippen LogP contribution in [0.25, 0.3) is 0 Å². The molecule has 0 radical (unpaired) electrons. The average Bonchev–Trinajstić information content (AvgIpc) is 2.79. The maximum atomic E-state index is 13.8. The van der Waals surface area contributed by atoms with Gasteiger partial charge in [0.25, 0.3) is 5.91 Å². The van der Waals surface area contributed by atoms with Crippen molar-refractivity contribution in [1.29, 1.82) is 5.26 Å². The lowest BCUT2D eigenvalue weighted by atomic mass is 9.98. The van der Waals surface area contributed by atoms with Crippen LogP contribution in [0.4, 0.5) is 10.5 Å². The molecule has 2 atom stereocenters. The van der Waals surface area contributed by atoms with Gasteiger partial charge in [0.2, 0.25) is 5.91 Å². The maximum Gasteiger partial charge on any atom is 0.408 e. The van der Waals surface area contributed by atoms with E-state index in [1.165, 1.54) is 24.3 Å². The van der Waals surface area contributed by atoms with Gasteiger partial charge in [-0.05, 0) is 62.9 Å². The molecule has 3 N–H and O–H groups in total. The van der Waals surface area contributed by atoms with Crippen LogP contribution in [0.2, 0.25) is 5.02 Å². The molecule has 0 saturated heterocycles. The van der Waals surface area contributed by atoms with Crippen LogP contribution < -0.4 is 10.6 Å². The highest BCUT2D eigenvalue weighted by molar-refractivity contribution is 6.34. The lowest BCUT2D eigenvalue weighted by Gasteiger charge is -2.34. The molecule has 2 rings (SSSR count). The molecule has 3 amide bonds. The summed E-state index contributed by atoms with van der Waals surface area (Å²) >= 11 is 6.31. The predicted octanol–water partition coefficient (Wildman–Crippen LogP) is 4.94. The second kappa shape index (κ2) is 12.5. The summed E-state index contributed by atoms with van der Waals surface area (Å²) in [7, 11) is 0. The highest BCUT2D eigenvalue weighted by Crippen LogP contribution is 2.30. The molecule has 0 bridgehead atoms. The smallest absolute Gasteiger partial charge is 0.408 e. The number of ether oxygens (including phenoxy) is 1. The van der Waals surface area contributed by atoms with E-state index in [1.807, 2.05) is 6.07 Å². The monoisotopic (exact) mass is 528 g/mol. The number of benzene rings is 2. The number of nitrogens with one attached hydrogen (secondary N) is 2. The Morgan fingerprint density at radius 2 is 1.76 bits per heavy atom. The van der Waals surface area contributed by atoms with Gasteiger partial charge >= 0.3 is 6.09 Å². The van der Waals surface area contributed by atoms with Crippen molar-refractivity contribution in [3.8, 4) is 11.8 Å². The summed E-state index contributed by atoms with van der Waals surface area (Å²) in [4.78, 5) is 41.1. The minimum Gasteiger partial charge on any atom is -0.508 e. The molecule has 0 aliphatic heterocycles. The van der Waals surface area contributed by atoms with Crippen LogP contribution in [-0.2, 0) is 14.3 Å². The van der Waals surface area contributed by atoms with Crippen molar-refractivity contribution in [2.75, 3.05) is 11.9 Å². The summed E-state index contributed by atoms with van der Waals surface area (Å²) in [5.74, 6) is -1.69. The number of carbonyl (C=O) groups excluding carboxylic acids is 3. The quantitative estimate of drug-likeness (QED) is 0.416. The number of amides is 3. The second-order valence-corrected chi connectivity index (χ2v) is 10.3. The van der Waals surface area contributed by atoms with Crippen molar-refractivity contribution in [1.82, 2.24) is 10.2 Å². The molecule has 0 saturated carbocycles. The molecule has 0 fully saturated rings. The third-order valence-electron chi connectivity index (χ3n) is 5.37. The minimum absolute atomic E-state index is 0.0327. The van der Waals surface area contributed by atoms with Gasteiger partial charge in [0.15, 0.2) is 0 Å². The van der Waals surface area contributed by atoms with E-state index in [0.717, 1.165) is 4.90 Å². The molecule has 0 aliphatic rings. The standard InChI is InChI=1S/C27H33ClN4O5/c1-16(2)21(31-26(36)37-27(4,5)6)25(35)32(15-14-29)23(18-10-12-19(33)13-11-18)24(34)30-22-17(3)8-7-9-20(22)28/h7-13,16,21,23,33H,15H2,1-6H3,(H,30,34)(H,31,36). The third kappa shape index (κ3) is 8.12. The number of phenolic OH excluding ortho intramolecular Hbond substituents is 1. The van der Waals surface area contributed by atoms with Crippen molar-refractivity contribution in [2.45, 2.75) is 59.2 Å². The van der Waals surface area contributed by atoms with Crippen LogP contribution in [0.15, 0.2) is 42.5 Å². The number of para-hydroxylation sites is 1. The van der Waals surface area contributed by atoms with Gasteiger partial charge in [-0.15, -0.1) is 0 Å².